The van der Waals surface area contributed by atoms with Crippen LogP contribution in [0.15, 0.2) is 352 Å². The molecule has 0 saturated heterocycles. The molecule has 0 radical (unpaired) electrons. The van der Waals surface area contributed by atoms with Gasteiger partial charge in [-0.2, -0.15) is 26.3 Å². The summed E-state index contributed by atoms with van der Waals surface area (Å²) in [6.07, 6.45) is -10.1. The maximum Gasteiger partial charge on any atom is 0.418 e. The summed E-state index contributed by atoms with van der Waals surface area (Å²) in [7, 11) is 0. The molecule has 14 nitrogen and oxygen atoms in total. The molecular formula is C98H58F6N14. The first-order valence-corrected chi connectivity index (χ1v) is 37.8. The van der Waals surface area contributed by atoms with E-state index >= 15 is 26.3 Å². The van der Waals surface area contributed by atoms with Crippen molar-refractivity contribution in [2.24, 2.45) is 0 Å². The van der Waals surface area contributed by atoms with E-state index in [-0.39, 0.29) is 40.1 Å². The van der Waals surface area contributed by atoms with Crippen molar-refractivity contribution in [1.29, 1.82) is 0 Å². The van der Waals surface area contributed by atoms with Crippen LogP contribution in [0.1, 0.15) is 11.1 Å². The van der Waals surface area contributed by atoms with Crippen LogP contribution in [0.4, 0.5) is 26.3 Å². The number of halogens is 6. The Balaban J connectivity index is 0.858. The Labute approximate surface area is 669 Å². The smallest absolute Gasteiger partial charge is 0.309 e. The molecule has 6 heterocycles. The number of hydrogen-bond acceptors (Lipinski definition) is 12. The Morgan fingerprint density at radius 2 is 0.398 bits per heavy atom. The number of alkyl halides is 6. The lowest BCUT2D eigenvalue weighted by Crippen LogP contribution is -2.13. The van der Waals surface area contributed by atoms with Crippen molar-refractivity contribution in [1.82, 2.24) is 68.9 Å². The zero-order valence-electron chi connectivity index (χ0n) is 62.0. The minimum Gasteiger partial charge on any atom is -0.309 e. The van der Waals surface area contributed by atoms with Gasteiger partial charge in [0.05, 0.1) is 44.6 Å². The van der Waals surface area contributed by atoms with Crippen molar-refractivity contribution in [2.45, 2.75) is 12.4 Å². The lowest BCUT2D eigenvalue weighted by atomic mass is 9.97. The third kappa shape index (κ3) is 13.5. The van der Waals surface area contributed by atoms with Gasteiger partial charge in [-0.25, -0.2) is 59.8 Å². The average molecular weight is 1550 g/mol. The lowest BCUT2D eigenvalue weighted by molar-refractivity contribution is -0.138. The highest BCUT2D eigenvalue weighted by Crippen LogP contribution is 2.48. The predicted molar refractivity (Wildman–Crippen MR) is 449 cm³/mol. The summed E-state index contributed by atoms with van der Waals surface area (Å²) < 4.78 is 102. The molecule has 0 unspecified atom stereocenters. The zero-order valence-corrected chi connectivity index (χ0v) is 62.0. The van der Waals surface area contributed by atoms with Crippen LogP contribution in [0.2, 0.25) is 0 Å². The molecule has 0 amide bonds. The molecule has 14 aromatic carbocycles. The highest BCUT2D eigenvalue weighted by atomic mass is 19.4. The Kier molecular flexibility index (Phi) is 17.8. The summed E-state index contributed by atoms with van der Waals surface area (Å²) in [5.41, 5.74) is 6.42. The second-order valence-electron chi connectivity index (χ2n) is 28.2. The SMILES string of the molecule is FC(F)(F)c1cccc(-c2cc(-n3c4ccc(-c5nc(-c6ccccc6)nc(-c6ccccc6)n5)cc4c4cc(-c5nc(-c6ccccc6)nc(-c6ccccc6)n5)ccc43)c(C(F)(F)F)cc2-n2c3ccc(-c4nc(-c5ccccc5)nc(-c5ccccc5)n4)cc3c3cc(-c4nc(-c5ccccc5)nc(-c5ccccc5)n4)ccc32)c1. The summed E-state index contributed by atoms with van der Waals surface area (Å²) >= 11 is 0. The number of nitrogens with zero attached hydrogens (tertiary/aromatic N) is 14. The molecule has 6 aromatic heterocycles. The van der Waals surface area contributed by atoms with Gasteiger partial charge in [-0.05, 0) is 103 Å². The van der Waals surface area contributed by atoms with Gasteiger partial charge in [-0.15, -0.1) is 0 Å². The van der Waals surface area contributed by atoms with Gasteiger partial charge in [0.2, 0.25) is 0 Å². The van der Waals surface area contributed by atoms with Crippen molar-refractivity contribution < 1.29 is 26.3 Å². The van der Waals surface area contributed by atoms with E-state index in [1.54, 1.807) is 53.1 Å². The zero-order chi connectivity index (χ0) is 79.6. The molecular weight excluding hydrogens is 1490 g/mol. The number of aromatic nitrogens is 14. The van der Waals surface area contributed by atoms with Crippen LogP contribution >= 0.6 is 0 Å². The minimum atomic E-state index is -5.17. The van der Waals surface area contributed by atoms with Gasteiger partial charge in [0, 0.05) is 93.9 Å². The third-order valence-electron chi connectivity index (χ3n) is 20.8. The highest BCUT2D eigenvalue weighted by Gasteiger charge is 2.38. The molecule has 0 saturated carbocycles. The van der Waals surface area contributed by atoms with Crippen LogP contribution in [-0.4, -0.2) is 68.9 Å². The van der Waals surface area contributed by atoms with Crippen LogP contribution in [0, 0.1) is 0 Å². The molecule has 20 rings (SSSR count). The fraction of sp³-hybridized carbons (Fsp3) is 0.0204. The summed E-state index contributed by atoms with van der Waals surface area (Å²) in [6, 6.07) is 104. The minimum absolute atomic E-state index is 0.0124. The molecule has 0 fully saturated rings. The topological polar surface area (TPSA) is 165 Å². The van der Waals surface area contributed by atoms with Crippen LogP contribution in [0.3, 0.4) is 0 Å². The van der Waals surface area contributed by atoms with Crippen molar-refractivity contribution in [3.8, 4) is 159 Å². The molecule has 118 heavy (non-hydrogen) atoms. The first kappa shape index (κ1) is 71.3. The van der Waals surface area contributed by atoms with Gasteiger partial charge < -0.3 is 9.13 Å². The van der Waals surface area contributed by atoms with Crippen LogP contribution in [0.25, 0.3) is 203 Å². The van der Waals surface area contributed by atoms with Crippen molar-refractivity contribution >= 4 is 43.6 Å². The normalized spacial score (nSPS) is 11.8. The molecule has 20 heteroatoms. The van der Waals surface area contributed by atoms with Gasteiger partial charge in [0.25, 0.3) is 0 Å². The quantitative estimate of drug-likeness (QED) is 0.0894. The molecule has 0 bridgehead atoms. The van der Waals surface area contributed by atoms with E-state index in [2.05, 4.69) is 0 Å². The van der Waals surface area contributed by atoms with E-state index < -0.39 is 29.2 Å². The Bertz CT molecular complexity index is 6650. The fourth-order valence-corrected chi connectivity index (χ4v) is 15.1. The predicted octanol–water partition coefficient (Wildman–Crippen LogP) is 24.3. The van der Waals surface area contributed by atoms with Crippen LogP contribution < -0.4 is 0 Å². The van der Waals surface area contributed by atoms with E-state index in [4.69, 9.17) is 59.8 Å². The number of rotatable bonds is 15. The molecule has 562 valence electrons. The van der Waals surface area contributed by atoms with Gasteiger partial charge in [-0.3, -0.25) is 0 Å². The average Bonchev–Trinajstić information content (AvgIpc) is 1.55. The second-order valence-corrected chi connectivity index (χ2v) is 28.2. The van der Waals surface area contributed by atoms with Gasteiger partial charge in [0.15, 0.2) is 69.9 Å². The summed E-state index contributed by atoms with van der Waals surface area (Å²) in [5, 5.41) is 1.93. The van der Waals surface area contributed by atoms with Gasteiger partial charge >= 0.3 is 12.4 Å². The van der Waals surface area contributed by atoms with E-state index in [1.165, 1.54) is 22.8 Å². The molecule has 0 N–H and O–H groups in total. The van der Waals surface area contributed by atoms with E-state index in [9.17, 15) is 0 Å². The first-order valence-electron chi connectivity index (χ1n) is 37.8. The summed E-state index contributed by atoms with van der Waals surface area (Å²) in [4.78, 5) is 60.6. The maximum atomic E-state index is 17.6. The standard InChI is InChI=1S/C98H58F6N14/c99-97(100,101)72-43-25-42-67(52-72)73-57-84(118-81-50-46-70(95-113-89(63-34-17-5-18-35-63)107-90(114-95)64-36-19-6-20-37-64)55-76(81)77-56-71(47-51-82(77)118)96-115-91(65-38-21-7-22-39-65)108-92(116-96)66-40-23-8-24-41-66)78(98(102,103)104)58-83(73)117-79-48-44-68(93-109-85(59-26-9-1-10-27-59)105-86(110-93)60-28-11-2-12-29-60)53-74(79)75-54-69(45-49-80(75)117)94-111-87(61-30-13-3-14-31-61)106-88(112-94)62-32-15-4-16-33-62/h1-58H. The van der Waals surface area contributed by atoms with Crippen LogP contribution in [0.5, 0.6) is 0 Å². The first-order chi connectivity index (χ1) is 57.7. The van der Waals surface area contributed by atoms with E-state index in [1.807, 2.05) is 267 Å². The molecule has 0 aliphatic carbocycles. The Morgan fingerprint density at radius 1 is 0.178 bits per heavy atom. The Morgan fingerprint density at radius 3 is 0.627 bits per heavy atom. The maximum absolute atomic E-state index is 17.6. The van der Waals surface area contributed by atoms with Crippen molar-refractivity contribution in [2.75, 3.05) is 0 Å². The Hall–Kier alpha value is -15.7. The van der Waals surface area contributed by atoms with Gasteiger partial charge in [-0.1, -0.05) is 255 Å². The second kappa shape index (κ2) is 29.4. The monoisotopic (exact) mass is 1540 g/mol. The molecule has 0 aliphatic heterocycles. The summed E-state index contributed by atoms with van der Waals surface area (Å²) in [6.45, 7) is 0. The molecule has 0 atom stereocenters. The van der Waals surface area contributed by atoms with E-state index in [0.29, 0.717) is 135 Å². The van der Waals surface area contributed by atoms with Crippen molar-refractivity contribution in [3.05, 3.63) is 363 Å². The fourth-order valence-electron chi connectivity index (χ4n) is 15.1. The number of hydrogen-bond donors (Lipinski definition) is 0. The van der Waals surface area contributed by atoms with Crippen molar-refractivity contribution in [3.63, 3.8) is 0 Å². The van der Waals surface area contributed by atoms with Gasteiger partial charge in [0.1, 0.15) is 0 Å². The van der Waals surface area contributed by atoms with E-state index in [0.717, 1.165) is 40.5 Å². The third-order valence-corrected chi connectivity index (χ3v) is 20.8. The molecule has 0 spiro atoms. The van der Waals surface area contributed by atoms with Crippen LogP contribution in [-0.2, 0) is 12.4 Å². The number of benzene rings is 14. The summed E-state index contributed by atoms with van der Waals surface area (Å²) in [5.74, 6) is 4.17. The highest BCUT2D eigenvalue weighted by molar-refractivity contribution is 6.14. The molecule has 20 aromatic rings. The number of fused-ring (bicyclic) bond motifs is 6. The molecule has 0 aliphatic rings. The lowest BCUT2D eigenvalue weighted by Gasteiger charge is -2.22. The largest absolute Gasteiger partial charge is 0.418 e.